The number of hydrogen-bond acceptors (Lipinski definition) is 3. The van der Waals surface area contributed by atoms with Gasteiger partial charge in [0.1, 0.15) is 4.60 Å². The van der Waals surface area contributed by atoms with Crippen molar-refractivity contribution < 1.29 is 4.79 Å². The molecule has 98 valence electrons. The second kappa shape index (κ2) is 5.38. The van der Waals surface area contributed by atoms with E-state index in [2.05, 4.69) is 31.2 Å². The number of rotatable bonds is 2. The Labute approximate surface area is 124 Å². The minimum Gasteiger partial charge on any atom is -0.321 e. The van der Waals surface area contributed by atoms with E-state index < -0.39 is 0 Å². The molecule has 0 bridgehead atoms. The zero-order chi connectivity index (χ0) is 13.9. The first kappa shape index (κ1) is 12.7. The van der Waals surface area contributed by atoms with Gasteiger partial charge in [-0.25, -0.2) is 4.98 Å². The lowest BCUT2D eigenvalue weighted by Crippen LogP contribution is -2.12. The van der Waals surface area contributed by atoms with Gasteiger partial charge in [-0.2, -0.15) is 0 Å². The predicted octanol–water partition coefficient (Wildman–Crippen LogP) is 3.64. The van der Waals surface area contributed by atoms with Crippen LogP contribution in [0.15, 0.2) is 59.6 Å². The lowest BCUT2D eigenvalue weighted by atomic mass is 10.1. The Balaban J connectivity index is 1.95. The maximum atomic E-state index is 12.2. The Morgan fingerprint density at radius 2 is 2.05 bits per heavy atom. The van der Waals surface area contributed by atoms with Crippen molar-refractivity contribution in [1.29, 1.82) is 0 Å². The van der Waals surface area contributed by atoms with E-state index in [1.807, 2.05) is 24.3 Å². The first-order valence-corrected chi connectivity index (χ1v) is 6.79. The summed E-state index contributed by atoms with van der Waals surface area (Å²) >= 11 is 3.26. The van der Waals surface area contributed by atoms with Crippen molar-refractivity contribution in [2.24, 2.45) is 0 Å². The van der Waals surface area contributed by atoms with E-state index in [9.17, 15) is 4.79 Å². The number of fused-ring (bicyclic) bond motifs is 1. The Morgan fingerprint density at radius 1 is 1.15 bits per heavy atom. The molecule has 3 rings (SSSR count). The quantitative estimate of drug-likeness (QED) is 0.731. The number of carbonyl (C=O) groups is 1. The van der Waals surface area contributed by atoms with Crippen LogP contribution in [-0.4, -0.2) is 15.9 Å². The first-order chi connectivity index (χ1) is 9.74. The number of aromatic nitrogens is 2. The summed E-state index contributed by atoms with van der Waals surface area (Å²) in [4.78, 5) is 20.3. The molecule has 1 amide bonds. The standard InChI is InChI=1S/C15H10BrN3O/c16-14-8-10(4-7-18-14)15(20)19-13-3-1-2-11-9-17-6-5-12(11)13/h1-9H,(H,19,20). The van der Waals surface area contributed by atoms with Crippen LogP contribution in [0.2, 0.25) is 0 Å². The third kappa shape index (κ3) is 2.53. The summed E-state index contributed by atoms with van der Waals surface area (Å²) in [5, 5.41) is 4.86. The van der Waals surface area contributed by atoms with Crippen molar-refractivity contribution in [3.05, 3.63) is 65.2 Å². The fraction of sp³-hybridized carbons (Fsp3) is 0. The van der Waals surface area contributed by atoms with Gasteiger partial charge in [0.25, 0.3) is 5.91 Å². The SMILES string of the molecule is O=C(Nc1cccc2cnccc12)c1ccnc(Br)c1. The molecule has 0 unspecified atom stereocenters. The van der Waals surface area contributed by atoms with Crippen LogP contribution in [0.3, 0.4) is 0 Å². The minimum atomic E-state index is -0.169. The normalized spacial score (nSPS) is 10.4. The van der Waals surface area contributed by atoms with Gasteiger partial charge in [-0.05, 0) is 40.2 Å². The van der Waals surface area contributed by atoms with E-state index in [1.165, 1.54) is 0 Å². The summed E-state index contributed by atoms with van der Waals surface area (Å²) in [6, 6.07) is 11.0. The zero-order valence-corrected chi connectivity index (χ0v) is 12.0. The average Bonchev–Trinajstić information content (AvgIpc) is 2.47. The molecule has 1 aromatic carbocycles. The summed E-state index contributed by atoms with van der Waals surface area (Å²) in [7, 11) is 0. The molecule has 0 saturated heterocycles. The summed E-state index contributed by atoms with van der Waals surface area (Å²) in [5.74, 6) is -0.169. The molecule has 0 aliphatic heterocycles. The number of hydrogen-bond donors (Lipinski definition) is 1. The number of pyridine rings is 2. The number of amides is 1. The Kier molecular flexibility index (Phi) is 3.43. The fourth-order valence-electron chi connectivity index (χ4n) is 1.97. The molecule has 4 nitrogen and oxygen atoms in total. The van der Waals surface area contributed by atoms with Gasteiger partial charge in [-0.15, -0.1) is 0 Å². The molecule has 2 aromatic heterocycles. The van der Waals surface area contributed by atoms with E-state index in [-0.39, 0.29) is 5.91 Å². The van der Waals surface area contributed by atoms with Gasteiger partial charge in [-0.3, -0.25) is 9.78 Å². The second-order valence-electron chi connectivity index (χ2n) is 4.22. The van der Waals surface area contributed by atoms with Gasteiger partial charge in [0, 0.05) is 40.6 Å². The molecule has 1 N–H and O–H groups in total. The molecule has 3 aromatic rings. The summed E-state index contributed by atoms with van der Waals surface area (Å²) < 4.78 is 0.632. The highest BCUT2D eigenvalue weighted by molar-refractivity contribution is 9.10. The highest BCUT2D eigenvalue weighted by Gasteiger charge is 2.08. The lowest BCUT2D eigenvalue weighted by molar-refractivity contribution is 0.102. The van der Waals surface area contributed by atoms with E-state index >= 15 is 0 Å². The molecule has 2 heterocycles. The molecular weight excluding hydrogens is 318 g/mol. The topological polar surface area (TPSA) is 54.9 Å². The molecule has 0 spiro atoms. The zero-order valence-electron chi connectivity index (χ0n) is 10.4. The molecule has 5 heteroatoms. The Hall–Kier alpha value is -2.27. The van der Waals surface area contributed by atoms with Gasteiger partial charge in [0.05, 0.1) is 0 Å². The molecule has 20 heavy (non-hydrogen) atoms. The molecule has 0 atom stereocenters. The van der Waals surface area contributed by atoms with Crippen molar-refractivity contribution in [2.75, 3.05) is 5.32 Å². The highest BCUT2D eigenvalue weighted by Crippen LogP contribution is 2.22. The third-order valence-corrected chi connectivity index (χ3v) is 3.35. The van der Waals surface area contributed by atoms with E-state index in [1.54, 1.807) is 30.7 Å². The lowest BCUT2D eigenvalue weighted by Gasteiger charge is -2.08. The number of carbonyl (C=O) groups excluding carboxylic acids is 1. The van der Waals surface area contributed by atoms with Crippen LogP contribution >= 0.6 is 15.9 Å². The van der Waals surface area contributed by atoms with Crippen molar-refractivity contribution in [2.45, 2.75) is 0 Å². The van der Waals surface area contributed by atoms with Gasteiger partial charge >= 0.3 is 0 Å². The Morgan fingerprint density at radius 3 is 2.90 bits per heavy atom. The van der Waals surface area contributed by atoms with E-state index in [0.717, 1.165) is 16.5 Å². The summed E-state index contributed by atoms with van der Waals surface area (Å²) in [6.07, 6.45) is 5.07. The van der Waals surface area contributed by atoms with E-state index in [0.29, 0.717) is 10.2 Å². The van der Waals surface area contributed by atoms with Crippen LogP contribution in [-0.2, 0) is 0 Å². The van der Waals surface area contributed by atoms with Crippen molar-refractivity contribution >= 4 is 38.3 Å². The summed E-state index contributed by atoms with van der Waals surface area (Å²) in [5.41, 5.74) is 1.32. The molecule has 0 saturated carbocycles. The van der Waals surface area contributed by atoms with Crippen LogP contribution in [0, 0.1) is 0 Å². The van der Waals surface area contributed by atoms with Crippen LogP contribution in [0.5, 0.6) is 0 Å². The van der Waals surface area contributed by atoms with Crippen molar-refractivity contribution in [3.8, 4) is 0 Å². The third-order valence-electron chi connectivity index (χ3n) is 2.92. The molecule has 0 radical (unpaired) electrons. The number of nitrogens with zero attached hydrogens (tertiary/aromatic N) is 2. The number of anilines is 1. The number of benzene rings is 1. The maximum Gasteiger partial charge on any atom is 0.255 e. The van der Waals surface area contributed by atoms with Crippen molar-refractivity contribution in [3.63, 3.8) is 0 Å². The van der Waals surface area contributed by atoms with Crippen LogP contribution < -0.4 is 5.32 Å². The number of halogens is 1. The molecule has 0 aliphatic carbocycles. The summed E-state index contributed by atoms with van der Waals surface area (Å²) in [6.45, 7) is 0. The van der Waals surface area contributed by atoms with Gasteiger partial charge in [-0.1, -0.05) is 12.1 Å². The highest BCUT2D eigenvalue weighted by atomic mass is 79.9. The van der Waals surface area contributed by atoms with Crippen molar-refractivity contribution in [1.82, 2.24) is 9.97 Å². The smallest absolute Gasteiger partial charge is 0.255 e. The predicted molar refractivity (Wildman–Crippen MR) is 81.6 cm³/mol. The monoisotopic (exact) mass is 327 g/mol. The number of nitrogens with one attached hydrogen (secondary N) is 1. The van der Waals surface area contributed by atoms with Gasteiger partial charge in [0.15, 0.2) is 0 Å². The largest absolute Gasteiger partial charge is 0.321 e. The minimum absolute atomic E-state index is 0.169. The Bertz CT molecular complexity index is 783. The van der Waals surface area contributed by atoms with Crippen LogP contribution in [0.4, 0.5) is 5.69 Å². The second-order valence-corrected chi connectivity index (χ2v) is 5.04. The molecule has 0 fully saturated rings. The van der Waals surface area contributed by atoms with E-state index in [4.69, 9.17) is 0 Å². The first-order valence-electron chi connectivity index (χ1n) is 6.00. The van der Waals surface area contributed by atoms with Crippen LogP contribution in [0.25, 0.3) is 10.8 Å². The van der Waals surface area contributed by atoms with Gasteiger partial charge in [0.2, 0.25) is 0 Å². The molecule has 0 aliphatic rings. The maximum absolute atomic E-state index is 12.2. The van der Waals surface area contributed by atoms with Gasteiger partial charge < -0.3 is 5.32 Å². The average molecular weight is 328 g/mol. The molecular formula is C15H10BrN3O. The van der Waals surface area contributed by atoms with Crippen LogP contribution in [0.1, 0.15) is 10.4 Å². The fourth-order valence-corrected chi connectivity index (χ4v) is 2.33.